The normalized spacial score (nSPS) is 29.1. The summed E-state index contributed by atoms with van der Waals surface area (Å²) in [5.74, 6) is 1.65. The van der Waals surface area contributed by atoms with Crippen LogP contribution in [0.2, 0.25) is 0 Å². The number of ether oxygens (including phenoxy) is 2. The van der Waals surface area contributed by atoms with Gasteiger partial charge in [0.25, 0.3) is 0 Å². The van der Waals surface area contributed by atoms with Crippen molar-refractivity contribution < 1.29 is 9.47 Å². The van der Waals surface area contributed by atoms with Crippen LogP contribution >= 0.6 is 0 Å². The summed E-state index contributed by atoms with van der Waals surface area (Å²) in [5.41, 5.74) is 0. The minimum Gasteiger partial charge on any atom is -0.382 e. The van der Waals surface area contributed by atoms with Gasteiger partial charge in [0.05, 0.1) is 13.2 Å². The van der Waals surface area contributed by atoms with E-state index in [2.05, 4.69) is 6.92 Å². The third kappa shape index (κ3) is 4.10. The van der Waals surface area contributed by atoms with Crippen molar-refractivity contribution in [2.24, 2.45) is 11.8 Å². The van der Waals surface area contributed by atoms with E-state index in [-0.39, 0.29) is 0 Å². The van der Waals surface area contributed by atoms with Crippen LogP contribution in [0, 0.1) is 11.8 Å². The molecule has 78 valence electrons. The largest absolute Gasteiger partial charge is 0.382 e. The molecule has 1 aliphatic rings. The van der Waals surface area contributed by atoms with Gasteiger partial charge in [0, 0.05) is 13.7 Å². The minimum absolute atomic E-state index is 0.723. The number of methoxy groups -OCH3 is 1. The number of hydrogen-bond donors (Lipinski definition) is 0. The second-order valence-electron chi connectivity index (χ2n) is 4.09. The summed E-state index contributed by atoms with van der Waals surface area (Å²) in [6.07, 6.45) is 5.55. The fraction of sp³-hybridized carbons (Fsp3) is 1.00. The van der Waals surface area contributed by atoms with Crippen molar-refractivity contribution in [1.82, 2.24) is 0 Å². The summed E-state index contributed by atoms with van der Waals surface area (Å²) in [6, 6.07) is 0. The highest BCUT2D eigenvalue weighted by Gasteiger charge is 2.20. The lowest BCUT2D eigenvalue weighted by molar-refractivity contribution is 0.0308. The minimum atomic E-state index is 0.723. The molecule has 2 atom stereocenters. The molecule has 0 aromatic carbocycles. The molecule has 0 aliphatic heterocycles. The van der Waals surface area contributed by atoms with Gasteiger partial charge >= 0.3 is 0 Å². The van der Waals surface area contributed by atoms with Gasteiger partial charge in [-0.15, -0.1) is 0 Å². The van der Waals surface area contributed by atoms with Gasteiger partial charge in [-0.3, -0.25) is 0 Å². The third-order valence-corrected chi connectivity index (χ3v) is 3.05. The number of hydrogen-bond acceptors (Lipinski definition) is 2. The average Bonchev–Trinajstić information content (AvgIpc) is 2.15. The SMILES string of the molecule is COCCOCC1CCCCC1C. The zero-order valence-corrected chi connectivity index (χ0v) is 8.92. The monoisotopic (exact) mass is 186 g/mol. The highest BCUT2D eigenvalue weighted by Crippen LogP contribution is 2.29. The van der Waals surface area contributed by atoms with E-state index in [9.17, 15) is 0 Å². The zero-order chi connectivity index (χ0) is 9.52. The zero-order valence-electron chi connectivity index (χ0n) is 8.92. The first-order valence-corrected chi connectivity index (χ1v) is 5.41. The lowest BCUT2D eigenvalue weighted by atomic mass is 9.81. The Bertz CT molecular complexity index is 125. The van der Waals surface area contributed by atoms with Crippen molar-refractivity contribution in [3.8, 4) is 0 Å². The first-order chi connectivity index (χ1) is 6.34. The molecule has 0 aromatic heterocycles. The molecule has 0 N–H and O–H groups in total. The van der Waals surface area contributed by atoms with Crippen LogP contribution in [0.1, 0.15) is 32.6 Å². The molecule has 2 nitrogen and oxygen atoms in total. The Labute approximate surface area is 81.6 Å². The second-order valence-corrected chi connectivity index (χ2v) is 4.09. The van der Waals surface area contributed by atoms with Gasteiger partial charge in [-0.05, 0) is 18.3 Å². The number of rotatable bonds is 5. The van der Waals surface area contributed by atoms with Crippen LogP contribution in [-0.2, 0) is 9.47 Å². The van der Waals surface area contributed by atoms with Crippen LogP contribution in [0.4, 0.5) is 0 Å². The van der Waals surface area contributed by atoms with Crippen molar-refractivity contribution in [2.75, 3.05) is 26.9 Å². The maximum absolute atomic E-state index is 5.56. The Kier molecular flexibility index (Phi) is 5.40. The highest BCUT2D eigenvalue weighted by molar-refractivity contribution is 4.71. The van der Waals surface area contributed by atoms with E-state index in [0.717, 1.165) is 31.7 Å². The van der Waals surface area contributed by atoms with Crippen molar-refractivity contribution >= 4 is 0 Å². The third-order valence-electron chi connectivity index (χ3n) is 3.05. The Balaban J connectivity index is 2.05. The van der Waals surface area contributed by atoms with Crippen molar-refractivity contribution in [2.45, 2.75) is 32.6 Å². The van der Waals surface area contributed by atoms with Crippen LogP contribution in [0.15, 0.2) is 0 Å². The molecule has 2 unspecified atom stereocenters. The van der Waals surface area contributed by atoms with E-state index in [1.165, 1.54) is 25.7 Å². The maximum Gasteiger partial charge on any atom is 0.0700 e. The first-order valence-electron chi connectivity index (χ1n) is 5.41. The molecule has 1 aliphatic carbocycles. The van der Waals surface area contributed by atoms with E-state index in [4.69, 9.17) is 9.47 Å². The molecule has 13 heavy (non-hydrogen) atoms. The van der Waals surface area contributed by atoms with E-state index in [1.807, 2.05) is 0 Å². The van der Waals surface area contributed by atoms with E-state index in [1.54, 1.807) is 7.11 Å². The molecule has 0 amide bonds. The summed E-state index contributed by atoms with van der Waals surface area (Å²) in [6.45, 7) is 4.76. The molecule has 0 spiro atoms. The summed E-state index contributed by atoms with van der Waals surface area (Å²) < 4.78 is 10.5. The molecular weight excluding hydrogens is 164 g/mol. The van der Waals surface area contributed by atoms with Gasteiger partial charge in [-0.25, -0.2) is 0 Å². The summed E-state index contributed by atoms with van der Waals surface area (Å²) >= 11 is 0. The van der Waals surface area contributed by atoms with Crippen molar-refractivity contribution in [1.29, 1.82) is 0 Å². The average molecular weight is 186 g/mol. The molecule has 1 fully saturated rings. The van der Waals surface area contributed by atoms with Crippen LogP contribution in [0.25, 0.3) is 0 Å². The lowest BCUT2D eigenvalue weighted by Crippen LogP contribution is -2.22. The summed E-state index contributed by atoms with van der Waals surface area (Å²) in [7, 11) is 1.71. The quantitative estimate of drug-likeness (QED) is 0.614. The molecule has 0 bridgehead atoms. The van der Waals surface area contributed by atoms with Crippen LogP contribution < -0.4 is 0 Å². The molecule has 1 rings (SSSR count). The Morgan fingerprint density at radius 2 is 1.92 bits per heavy atom. The molecule has 0 aromatic rings. The molecule has 0 heterocycles. The Morgan fingerprint density at radius 3 is 2.62 bits per heavy atom. The van der Waals surface area contributed by atoms with E-state index in [0.29, 0.717) is 0 Å². The topological polar surface area (TPSA) is 18.5 Å². The molecular formula is C11H22O2. The highest BCUT2D eigenvalue weighted by atomic mass is 16.5. The van der Waals surface area contributed by atoms with Crippen molar-refractivity contribution in [3.63, 3.8) is 0 Å². The second kappa shape index (κ2) is 6.39. The van der Waals surface area contributed by atoms with Gasteiger partial charge in [0.15, 0.2) is 0 Å². The van der Waals surface area contributed by atoms with Gasteiger partial charge in [0.2, 0.25) is 0 Å². The molecule has 0 radical (unpaired) electrons. The van der Waals surface area contributed by atoms with Gasteiger partial charge < -0.3 is 9.47 Å². The molecule has 0 saturated heterocycles. The molecule has 2 heteroatoms. The smallest absolute Gasteiger partial charge is 0.0700 e. The predicted octanol–water partition coefficient (Wildman–Crippen LogP) is 2.48. The Hall–Kier alpha value is -0.0800. The van der Waals surface area contributed by atoms with Gasteiger partial charge in [-0.1, -0.05) is 26.2 Å². The predicted molar refractivity (Wildman–Crippen MR) is 53.8 cm³/mol. The van der Waals surface area contributed by atoms with E-state index < -0.39 is 0 Å². The van der Waals surface area contributed by atoms with Crippen LogP contribution in [-0.4, -0.2) is 26.9 Å². The van der Waals surface area contributed by atoms with Gasteiger partial charge in [0.1, 0.15) is 0 Å². The fourth-order valence-electron chi connectivity index (χ4n) is 2.02. The Morgan fingerprint density at radius 1 is 1.15 bits per heavy atom. The van der Waals surface area contributed by atoms with E-state index >= 15 is 0 Å². The lowest BCUT2D eigenvalue weighted by Gasteiger charge is -2.28. The summed E-state index contributed by atoms with van der Waals surface area (Å²) in [5, 5.41) is 0. The van der Waals surface area contributed by atoms with Crippen LogP contribution in [0.3, 0.4) is 0 Å². The standard InChI is InChI=1S/C11H22O2/c1-10-5-3-4-6-11(10)9-13-8-7-12-2/h10-11H,3-9H2,1-2H3. The van der Waals surface area contributed by atoms with Gasteiger partial charge in [-0.2, -0.15) is 0 Å². The molecule has 1 saturated carbocycles. The van der Waals surface area contributed by atoms with Crippen LogP contribution in [0.5, 0.6) is 0 Å². The maximum atomic E-state index is 5.56. The summed E-state index contributed by atoms with van der Waals surface area (Å²) in [4.78, 5) is 0. The fourth-order valence-corrected chi connectivity index (χ4v) is 2.02. The van der Waals surface area contributed by atoms with Crippen molar-refractivity contribution in [3.05, 3.63) is 0 Å². The first kappa shape index (κ1) is 11.0.